The number of aliphatic carboxylic acids is 1. The standard InChI is InChI=1S/C34H47FN2O8/c1-6-10-22(31(40)28(39)17-23(33(42)43)15-21-11-8-7-9-12-21)16-27(38)30-24-13-14-26(35)25(24)18-37(30)32(41)29(19(2)3)36-34(44)45-20(4)5/h7-9,11-12,19-20,22-26,29-30H,6,10,13-18H2,1-5H3,(H,36,44)(H,42,43)/t22?,23-,24+,25+,26+,29?,30?/m1/s1. The minimum Gasteiger partial charge on any atom is -0.481 e. The molecule has 3 rings (SSSR count). The van der Waals surface area contributed by atoms with E-state index in [0.717, 1.165) is 5.56 Å². The monoisotopic (exact) mass is 630 g/mol. The van der Waals surface area contributed by atoms with E-state index >= 15 is 0 Å². The molecule has 0 bridgehead atoms. The Labute approximate surface area is 264 Å². The Morgan fingerprint density at radius 1 is 0.978 bits per heavy atom. The van der Waals surface area contributed by atoms with Crippen molar-refractivity contribution in [3.8, 4) is 0 Å². The van der Waals surface area contributed by atoms with E-state index in [1.165, 1.54) is 4.90 Å². The molecular weight excluding hydrogens is 583 g/mol. The van der Waals surface area contributed by atoms with Crippen molar-refractivity contribution in [2.45, 2.75) is 104 Å². The maximum atomic E-state index is 14.9. The van der Waals surface area contributed by atoms with Gasteiger partial charge >= 0.3 is 12.1 Å². The van der Waals surface area contributed by atoms with Gasteiger partial charge in [-0.2, -0.15) is 0 Å². The molecule has 2 N–H and O–H groups in total. The van der Waals surface area contributed by atoms with Crippen molar-refractivity contribution in [3.05, 3.63) is 35.9 Å². The molecule has 0 radical (unpaired) electrons. The molecule has 2 fully saturated rings. The van der Waals surface area contributed by atoms with E-state index in [2.05, 4.69) is 5.32 Å². The Bertz CT molecular complexity index is 1240. The van der Waals surface area contributed by atoms with E-state index < -0.39 is 89.8 Å². The highest BCUT2D eigenvalue weighted by Gasteiger charge is 2.54. The summed E-state index contributed by atoms with van der Waals surface area (Å²) in [6, 6.07) is 6.80. The largest absolute Gasteiger partial charge is 0.481 e. The number of halogens is 1. The molecule has 0 spiro atoms. The molecule has 1 aliphatic heterocycles. The summed E-state index contributed by atoms with van der Waals surface area (Å²) in [5, 5.41) is 12.3. The molecule has 10 nitrogen and oxygen atoms in total. The van der Waals surface area contributed by atoms with E-state index in [4.69, 9.17) is 4.74 Å². The Hall–Kier alpha value is -3.63. The van der Waals surface area contributed by atoms with Gasteiger partial charge in [-0.25, -0.2) is 9.18 Å². The number of carbonyl (C=O) groups excluding carboxylic acids is 5. The number of ketones is 3. The Morgan fingerprint density at radius 2 is 1.64 bits per heavy atom. The average molecular weight is 631 g/mol. The molecule has 7 atom stereocenters. The van der Waals surface area contributed by atoms with Crippen LogP contribution in [0.25, 0.3) is 0 Å². The van der Waals surface area contributed by atoms with Crippen LogP contribution in [0.15, 0.2) is 30.3 Å². The maximum Gasteiger partial charge on any atom is 0.408 e. The van der Waals surface area contributed by atoms with Gasteiger partial charge in [-0.3, -0.25) is 24.0 Å². The topological polar surface area (TPSA) is 147 Å². The second-order valence-electron chi connectivity index (χ2n) is 13.0. The number of hydrogen-bond acceptors (Lipinski definition) is 7. The Morgan fingerprint density at radius 3 is 2.22 bits per heavy atom. The second-order valence-corrected chi connectivity index (χ2v) is 13.0. The third-order valence-electron chi connectivity index (χ3n) is 8.94. The third kappa shape index (κ3) is 9.20. The predicted molar refractivity (Wildman–Crippen MR) is 164 cm³/mol. The lowest BCUT2D eigenvalue weighted by molar-refractivity contribution is -0.146. The van der Waals surface area contributed by atoms with Crippen molar-refractivity contribution in [2.75, 3.05) is 6.54 Å². The van der Waals surface area contributed by atoms with Gasteiger partial charge in [0.15, 0.2) is 11.6 Å². The van der Waals surface area contributed by atoms with Gasteiger partial charge in [0.1, 0.15) is 12.2 Å². The molecule has 45 heavy (non-hydrogen) atoms. The van der Waals surface area contributed by atoms with Gasteiger partial charge in [0, 0.05) is 31.2 Å². The quantitative estimate of drug-likeness (QED) is 0.253. The third-order valence-corrected chi connectivity index (χ3v) is 8.94. The summed E-state index contributed by atoms with van der Waals surface area (Å²) < 4.78 is 20.1. The van der Waals surface area contributed by atoms with Crippen molar-refractivity contribution in [1.29, 1.82) is 0 Å². The van der Waals surface area contributed by atoms with Gasteiger partial charge in [-0.15, -0.1) is 0 Å². The fourth-order valence-electron chi connectivity index (χ4n) is 6.70. The first-order valence-corrected chi connectivity index (χ1v) is 16.0. The zero-order valence-electron chi connectivity index (χ0n) is 26.9. The lowest BCUT2D eigenvalue weighted by Crippen LogP contribution is -2.55. The van der Waals surface area contributed by atoms with Gasteiger partial charge in [-0.1, -0.05) is 57.5 Å². The van der Waals surface area contributed by atoms with Gasteiger partial charge < -0.3 is 20.1 Å². The summed E-state index contributed by atoms with van der Waals surface area (Å²) >= 11 is 0. The minimum absolute atomic E-state index is 0.0102. The van der Waals surface area contributed by atoms with Gasteiger partial charge in [0.2, 0.25) is 11.7 Å². The second kappa shape index (κ2) is 16.1. The van der Waals surface area contributed by atoms with Crippen LogP contribution in [-0.2, 0) is 35.1 Å². The molecule has 0 aromatic heterocycles. The van der Waals surface area contributed by atoms with Gasteiger partial charge in [0.05, 0.1) is 18.1 Å². The van der Waals surface area contributed by atoms with Crippen LogP contribution in [0.4, 0.5) is 9.18 Å². The number of alkyl carbamates (subject to hydrolysis) is 1. The number of carboxylic acids is 1. The van der Waals surface area contributed by atoms with E-state index in [1.54, 1.807) is 58.0 Å². The molecule has 248 valence electrons. The summed E-state index contributed by atoms with van der Waals surface area (Å²) in [6.07, 6.45) is -1.74. The summed E-state index contributed by atoms with van der Waals surface area (Å²) in [4.78, 5) is 80.0. The van der Waals surface area contributed by atoms with Crippen LogP contribution in [0.3, 0.4) is 0 Å². The summed E-state index contributed by atoms with van der Waals surface area (Å²) in [5.41, 5.74) is 0.723. The lowest BCUT2D eigenvalue weighted by Gasteiger charge is -2.32. The number of nitrogens with one attached hydrogen (secondary N) is 1. The SMILES string of the molecule is CCCC(CC(=O)C1[C@H]2CC[C@H](F)[C@H]2CN1C(=O)C(NC(=O)OC(C)C)C(C)C)C(=O)C(=O)C[C@@H](Cc1ccccc1)C(=O)O. The Kier molecular flexibility index (Phi) is 12.8. The molecule has 11 heteroatoms. The Balaban J connectivity index is 1.80. The smallest absolute Gasteiger partial charge is 0.408 e. The lowest BCUT2D eigenvalue weighted by atomic mass is 9.83. The fourth-order valence-corrected chi connectivity index (χ4v) is 6.70. The average Bonchev–Trinajstić information content (AvgIpc) is 3.53. The molecule has 3 unspecified atom stereocenters. The molecule has 1 saturated carbocycles. The minimum atomic E-state index is -1.19. The molecule has 1 heterocycles. The van der Waals surface area contributed by atoms with E-state index in [0.29, 0.717) is 12.8 Å². The highest BCUT2D eigenvalue weighted by molar-refractivity contribution is 6.38. The number of likely N-dealkylation sites (tertiary alicyclic amines) is 1. The zero-order valence-corrected chi connectivity index (χ0v) is 26.9. The van der Waals surface area contributed by atoms with Crippen LogP contribution in [-0.4, -0.2) is 76.2 Å². The van der Waals surface area contributed by atoms with E-state index in [9.17, 15) is 38.3 Å². The van der Waals surface area contributed by atoms with Crippen molar-refractivity contribution < 1.29 is 43.0 Å². The number of hydrogen-bond donors (Lipinski definition) is 2. The number of fused-ring (bicyclic) bond motifs is 1. The molecule has 1 saturated heterocycles. The van der Waals surface area contributed by atoms with Crippen LogP contribution >= 0.6 is 0 Å². The number of Topliss-reactive ketones (excluding diaryl/α,β-unsaturated/α-hetero) is 3. The summed E-state index contributed by atoms with van der Waals surface area (Å²) in [7, 11) is 0. The summed E-state index contributed by atoms with van der Waals surface area (Å²) in [6.45, 7) is 8.66. The molecule has 2 aliphatic rings. The molecular formula is C34H47FN2O8. The first kappa shape index (κ1) is 35.8. The maximum absolute atomic E-state index is 14.9. The molecule has 2 amide bonds. The number of rotatable bonds is 16. The first-order valence-electron chi connectivity index (χ1n) is 16.0. The van der Waals surface area contributed by atoms with Crippen LogP contribution in [0.1, 0.15) is 78.7 Å². The number of benzene rings is 1. The fraction of sp³-hybridized carbons (Fsp3) is 0.647. The van der Waals surface area contributed by atoms with Crippen LogP contribution < -0.4 is 5.32 Å². The number of carboxylic acid groups (broad SMARTS) is 1. The zero-order chi connectivity index (χ0) is 33.4. The highest BCUT2D eigenvalue weighted by atomic mass is 19.1. The number of carbonyl (C=O) groups is 6. The summed E-state index contributed by atoms with van der Waals surface area (Å²) in [5.74, 6) is -7.24. The highest BCUT2D eigenvalue weighted by Crippen LogP contribution is 2.45. The van der Waals surface area contributed by atoms with Crippen molar-refractivity contribution in [1.82, 2.24) is 10.2 Å². The van der Waals surface area contributed by atoms with Crippen molar-refractivity contribution in [3.63, 3.8) is 0 Å². The number of ether oxygens (including phenoxy) is 1. The van der Waals surface area contributed by atoms with Crippen LogP contribution in [0.5, 0.6) is 0 Å². The number of amides is 2. The van der Waals surface area contributed by atoms with Crippen LogP contribution in [0, 0.1) is 29.6 Å². The normalized spacial score (nSPS) is 22.9. The molecule has 1 aromatic carbocycles. The predicted octanol–water partition coefficient (Wildman–Crippen LogP) is 4.57. The first-order chi connectivity index (χ1) is 21.2. The number of alkyl halides is 1. The number of nitrogens with zero attached hydrogens (tertiary/aromatic N) is 1. The van der Waals surface area contributed by atoms with Crippen molar-refractivity contribution >= 4 is 35.3 Å². The molecule has 1 aliphatic carbocycles. The van der Waals surface area contributed by atoms with E-state index in [1.807, 2.05) is 6.92 Å². The van der Waals surface area contributed by atoms with Crippen LogP contribution in [0.2, 0.25) is 0 Å². The van der Waals surface area contributed by atoms with Crippen molar-refractivity contribution in [2.24, 2.45) is 29.6 Å². The van der Waals surface area contributed by atoms with Gasteiger partial charge in [-0.05, 0) is 56.9 Å². The van der Waals surface area contributed by atoms with E-state index in [-0.39, 0.29) is 38.1 Å². The van der Waals surface area contributed by atoms with Gasteiger partial charge in [0.25, 0.3) is 0 Å². The molecule has 1 aromatic rings.